The fourth-order valence-corrected chi connectivity index (χ4v) is 3.85. The minimum absolute atomic E-state index is 0.0596. The third kappa shape index (κ3) is 6.11. The minimum Gasteiger partial charge on any atom is -0.348 e. The Bertz CT molecular complexity index is 893. The molecular formula is C21H30N3O4S+. The topological polar surface area (TPSA) is 80.2 Å². The molecule has 2 rings (SSSR count). The molecule has 0 unspecified atom stereocenters. The van der Waals surface area contributed by atoms with Crippen LogP contribution in [0.25, 0.3) is 0 Å². The standard InChI is InChI=1S/C21H29N3O4S/c1-5-24(6-2)16-18-9-7-17(8-10-18)15-22-21(25)19-11-13-20(14-12-19)29(26,27)23(3)28-4/h7-14H,5-6,15-16H2,1-4H3,(H,22,25)/p+1. The lowest BCUT2D eigenvalue weighted by atomic mass is 10.1. The van der Waals surface area contributed by atoms with Crippen LogP contribution in [0.1, 0.15) is 35.3 Å². The Morgan fingerprint density at radius 2 is 1.55 bits per heavy atom. The molecule has 0 aliphatic rings. The molecule has 2 aromatic carbocycles. The smallest absolute Gasteiger partial charge is 0.264 e. The number of amides is 1. The summed E-state index contributed by atoms with van der Waals surface area (Å²) in [6.07, 6.45) is 0. The van der Waals surface area contributed by atoms with Gasteiger partial charge in [0.1, 0.15) is 6.54 Å². The van der Waals surface area contributed by atoms with Crippen molar-refractivity contribution in [3.05, 3.63) is 65.2 Å². The van der Waals surface area contributed by atoms with Gasteiger partial charge in [0.05, 0.1) is 25.1 Å². The number of carbonyl (C=O) groups is 1. The number of sulfonamides is 1. The zero-order chi connectivity index (χ0) is 21.4. The zero-order valence-electron chi connectivity index (χ0n) is 17.4. The maximum atomic E-state index is 12.4. The first-order valence-corrected chi connectivity index (χ1v) is 11.1. The molecule has 0 saturated carbocycles. The predicted molar refractivity (Wildman–Crippen MR) is 112 cm³/mol. The van der Waals surface area contributed by atoms with Gasteiger partial charge in [-0.15, -0.1) is 0 Å². The molecule has 2 aromatic rings. The number of hydroxylamine groups is 1. The fourth-order valence-electron chi connectivity index (χ4n) is 2.87. The molecule has 1 amide bonds. The molecule has 0 radical (unpaired) electrons. The van der Waals surface area contributed by atoms with Crippen molar-refractivity contribution in [2.75, 3.05) is 27.2 Å². The number of quaternary nitrogens is 1. The van der Waals surface area contributed by atoms with Crippen molar-refractivity contribution in [2.24, 2.45) is 0 Å². The van der Waals surface area contributed by atoms with E-state index in [1.165, 1.54) is 48.9 Å². The Morgan fingerprint density at radius 1 is 1.00 bits per heavy atom. The first kappa shape index (κ1) is 23.0. The normalized spacial score (nSPS) is 11.8. The van der Waals surface area contributed by atoms with E-state index in [-0.39, 0.29) is 10.8 Å². The predicted octanol–water partition coefficient (Wildman–Crippen LogP) is 1.22. The van der Waals surface area contributed by atoms with Gasteiger partial charge in [-0.1, -0.05) is 28.7 Å². The van der Waals surface area contributed by atoms with Crippen LogP contribution < -0.4 is 10.2 Å². The SMILES string of the molecule is CC[NH+](CC)Cc1ccc(CNC(=O)c2ccc(S(=O)(=O)N(C)OC)cc2)cc1. The van der Waals surface area contributed by atoms with E-state index in [2.05, 4.69) is 31.3 Å². The third-order valence-electron chi connectivity index (χ3n) is 4.94. The van der Waals surface area contributed by atoms with Gasteiger partial charge in [-0.3, -0.25) is 9.63 Å². The second-order valence-corrected chi connectivity index (χ2v) is 8.69. The molecule has 0 aliphatic carbocycles. The van der Waals surface area contributed by atoms with Gasteiger partial charge in [0.2, 0.25) is 0 Å². The van der Waals surface area contributed by atoms with Crippen molar-refractivity contribution in [1.29, 1.82) is 0 Å². The molecule has 0 aromatic heterocycles. The van der Waals surface area contributed by atoms with Crippen LogP contribution in [0.2, 0.25) is 0 Å². The van der Waals surface area contributed by atoms with Crippen molar-refractivity contribution in [3.8, 4) is 0 Å². The summed E-state index contributed by atoms with van der Waals surface area (Å²) in [4.78, 5) is 18.7. The van der Waals surface area contributed by atoms with Gasteiger partial charge in [-0.2, -0.15) is 0 Å². The molecule has 0 saturated heterocycles. The van der Waals surface area contributed by atoms with Crippen molar-refractivity contribution in [1.82, 2.24) is 9.79 Å². The van der Waals surface area contributed by atoms with Crippen LogP contribution in [0.4, 0.5) is 0 Å². The van der Waals surface area contributed by atoms with Gasteiger partial charge in [-0.05, 0) is 43.7 Å². The zero-order valence-corrected chi connectivity index (χ0v) is 18.3. The van der Waals surface area contributed by atoms with Crippen LogP contribution in [0.5, 0.6) is 0 Å². The number of hydrogen-bond donors (Lipinski definition) is 2. The summed E-state index contributed by atoms with van der Waals surface area (Å²) in [7, 11) is -1.14. The number of nitrogens with zero attached hydrogens (tertiary/aromatic N) is 1. The maximum absolute atomic E-state index is 12.4. The molecule has 29 heavy (non-hydrogen) atoms. The van der Waals surface area contributed by atoms with Gasteiger partial charge in [0, 0.05) is 24.7 Å². The third-order valence-corrected chi connectivity index (χ3v) is 6.63. The molecule has 0 fully saturated rings. The Morgan fingerprint density at radius 3 is 2.07 bits per heavy atom. The van der Waals surface area contributed by atoms with Crippen LogP contribution in [0.3, 0.4) is 0 Å². The van der Waals surface area contributed by atoms with Gasteiger partial charge in [0.25, 0.3) is 15.9 Å². The van der Waals surface area contributed by atoms with Gasteiger partial charge in [-0.25, -0.2) is 8.42 Å². The highest BCUT2D eigenvalue weighted by atomic mass is 32.2. The average Bonchev–Trinajstić information content (AvgIpc) is 2.76. The number of hydrogen-bond acceptors (Lipinski definition) is 4. The molecule has 158 valence electrons. The molecule has 2 N–H and O–H groups in total. The van der Waals surface area contributed by atoms with Crippen molar-refractivity contribution in [3.63, 3.8) is 0 Å². The summed E-state index contributed by atoms with van der Waals surface area (Å²) in [5, 5.41) is 2.86. The summed E-state index contributed by atoms with van der Waals surface area (Å²) in [6, 6.07) is 14.0. The van der Waals surface area contributed by atoms with E-state index in [4.69, 9.17) is 4.84 Å². The van der Waals surface area contributed by atoms with Crippen molar-refractivity contribution in [2.45, 2.75) is 31.8 Å². The summed E-state index contributed by atoms with van der Waals surface area (Å²) in [6.45, 7) is 7.95. The van der Waals surface area contributed by atoms with Crippen LogP contribution in [0, 0.1) is 0 Å². The van der Waals surface area contributed by atoms with Crippen molar-refractivity contribution >= 4 is 15.9 Å². The summed E-state index contributed by atoms with van der Waals surface area (Å²) >= 11 is 0. The highest BCUT2D eigenvalue weighted by Crippen LogP contribution is 2.15. The largest absolute Gasteiger partial charge is 0.348 e. The molecule has 0 bridgehead atoms. The Kier molecular flexibility index (Phi) is 8.33. The number of rotatable bonds is 10. The summed E-state index contributed by atoms with van der Waals surface area (Å²) in [5.41, 5.74) is 2.68. The second kappa shape index (κ2) is 10.5. The molecular weight excluding hydrogens is 390 g/mol. The van der Waals surface area contributed by atoms with E-state index in [0.717, 1.165) is 29.7 Å². The summed E-state index contributed by atoms with van der Waals surface area (Å²) in [5.74, 6) is -0.259. The molecule has 0 spiro atoms. The molecule has 8 heteroatoms. The van der Waals surface area contributed by atoms with E-state index in [9.17, 15) is 13.2 Å². The van der Waals surface area contributed by atoms with Crippen molar-refractivity contribution < 1.29 is 22.9 Å². The van der Waals surface area contributed by atoms with E-state index in [0.29, 0.717) is 12.1 Å². The van der Waals surface area contributed by atoms with Crippen LogP contribution in [-0.4, -0.2) is 46.0 Å². The molecule has 0 atom stereocenters. The van der Waals surface area contributed by atoms with Gasteiger partial charge >= 0.3 is 0 Å². The summed E-state index contributed by atoms with van der Waals surface area (Å²) < 4.78 is 25.1. The fraction of sp³-hybridized carbons (Fsp3) is 0.381. The number of benzene rings is 2. The Balaban J connectivity index is 1.95. The van der Waals surface area contributed by atoms with E-state index in [1.807, 2.05) is 12.1 Å². The molecule has 0 heterocycles. The lowest BCUT2D eigenvalue weighted by molar-refractivity contribution is -0.910. The van der Waals surface area contributed by atoms with E-state index >= 15 is 0 Å². The minimum atomic E-state index is -3.73. The lowest BCUT2D eigenvalue weighted by Crippen LogP contribution is -3.10. The first-order chi connectivity index (χ1) is 13.8. The van der Waals surface area contributed by atoms with E-state index in [1.54, 1.807) is 0 Å². The highest BCUT2D eigenvalue weighted by Gasteiger charge is 2.20. The molecule has 7 nitrogen and oxygen atoms in total. The Labute approximate surface area is 173 Å². The van der Waals surface area contributed by atoms with Crippen LogP contribution >= 0.6 is 0 Å². The number of carbonyl (C=O) groups excluding carboxylic acids is 1. The molecule has 0 aliphatic heterocycles. The highest BCUT2D eigenvalue weighted by molar-refractivity contribution is 7.89. The van der Waals surface area contributed by atoms with Crippen LogP contribution in [-0.2, 0) is 28.0 Å². The number of nitrogens with one attached hydrogen (secondary N) is 2. The maximum Gasteiger partial charge on any atom is 0.264 e. The van der Waals surface area contributed by atoms with E-state index < -0.39 is 10.0 Å². The van der Waals surface area contributed by atoms with Gasteiger partial charge < -0.3 is 10.2 Å². The Hall–Kier alpha value is -2.26. The quantitative estimate of drug-likeness (QED) is 0.567. The van der Waals surface area contributed by atoms with Crippen LogP contribution in [0.15, 0.2) is 53.4 Å². The monoisotopic (exact) mass is 420 g/mol. The second-order valence-electron chi connectivity index (χ2n) is 6.75. The van der Waals surface area contributed by atoms with Gasteiger partial charge in [0.15, 0.2) is 0 Å². The lowest BCUT2D eigenvalue weighted by Gasteiger charge is -2.15. The average molecular weight is 421 g/mol. The first-order valence-electron chi connectivity index (χ1n) is 9.64.